The summed E-state index contributed by atoms with van der Waals surface area (Å²) >= 11 is 1.11. The van der Waals surface area contributed by atoms with E-state index in [0.29, 0.717) is 10.1 Å². The molecule has 0 bridgehead atoms. The number of rotatable bonds is 8. The molecule has 2 rings (SSSR count). The van der Waals surface area contributed by atoms with Crippen molar-refractivity contribution in [2.75, 3.05) is 18.0 Å². The molecular weight excluding hydrogens is 338 g/mol. The molecule has 25 heavy (non-hydrogen) atoms. The number of thiazole rings is 1. The quantitative estimate of drug-likeness (QED) is 0.504. The summed E-state index contributed by atoms with van der Waals surface area (Å²) in [5.74, 6) is -1.05. The predicted molar refractivity (Wildman–Crippen MR) is 98.7 cm³/mol. The molecule has 8 heteroatoms. The molecule has 1 aromatic carbocycles. The molecule has 1 heterocycles. The third-order valence-corrected chi connectivity index (χ3v) is 4.17. The van der Waals surface area contributed by atoms with Crippen LogP contribution in [0.2, 0.25) is 0 Å². The van der Waals surface area contributed by atoms with Gasteiger partial charge in [-0.05, 0) is 31.0 Å². The van der Waals surface area contributed by atoms with Crippen LogP contribution in [-0.2, 0) is 0 Å². The van der Waals surface area contributed by atoms with E-state index in [-0.39, 0.29) is 11.3 Å². The van der Waals surface area contributed by atoms with Crippen LogP contribution in [0.4, 0.5) is 21.5 Å². The van der Waals surface area contributed by atoms with Crippen LogP contribution in [0.5, 0.6) is 0 Å². The summed E-state index contributed by atoms with van der Waals surface area (Å²) in [5, 5.41) is 18.2. The first kappa shape index (κ1) is 18.5. The monoisotopic (exact) mass is 357 g/mol. The smallest absolute Gasteiger partial charge is 0.338 e. The molecule has 1 aromatic heterocycles. The topological polar surface area (TPSA) is 82.5 Å². The van der Waals surface area contributed by atoms with Crippen LogP contribution in [-0.4, -0.2) is 29.1 Å². The molecule has 0 aliphatic carbocycles. The molecule has 0 saturated carbocycles. The van der Waals surface area contributed by atoms with Crippen LogP contribution in [0, 0.1) is 6.57 Å². The van der Waals surface area contributed by atoms with Crippen LogP contribution >= 0.6 is 11.3 Å². The lowest BCUT2D eigenvalue weighted by molar-refractivity contribution is 0.0698. The molecule has 0 unspecified atom stereocenters. The molecule has 0 spiro atoms. The Kier molecular flexibility index (Phi) is 6.60. The fourth-order valence-corrected chi connectivity index (χ4v) is 2.87. The Balaban J connectivity index is 2.32. The lowest BCUT2D eigenvalue weighted by Gasteiger charge is -2.24. The maximum Gasteiger partial charge on any atom is 0.338 e. The summed E-state index contributed by atoms with van der Waals surface area (Å²) in [6.07, 6.45) is 3.38. The number of carbonyl (C=O) groups is 1. The van der Waals surface area contributed by atoms with Crippen LogP contribution in [0.3, 0.4) is 0 Å². The zero-order chi connectivity index (χ0) is 18.2. The molecule has 1 N–H and O–H groups in total. The van der Waals surface area contributed by atoms with E-state index in [9.17, 15) is 9.90 Å². The molecule has 0 fully saturated rings. The maximum absolute atomic E-state index is 11.6. The van der Waals surface area contributed by atoms with E-state index in [0.717, 1.165) is 43.0 Å². The molecule has 0 atom stereocenters. The Labute approximate surface area is 150 Å². The summed E-state index contributed by atoms with van der Waals surface area (Å²) in [5.41, 5.74) is 1.23. The third kappa shape index (κ3) is 4.84. The number of aromatic carboxylic acids is 1. The van der Waals surface area contributed by atoms with Crippen LogP contribution in [0.15, 0.2) is 34.6 Å². The SMILES string of the molecule is [C-]#[N+]c1cnc(N=Nc2ccc(N(CCC)CCC)cc2C(=O)O)s1. The van der Waals surface area contributed by atoms with Gasteiger partial charge in [0.05, 0.1) is 12.1 Å². The largest absolute Gasteiger partial charge is 0.478 e. The fraction of sp³-hybridized carbons (Fsp3) is 0.353. The average Bonchev–Trinajstić information content (AvgIpc) is 3.07. The minimum absolute atomic E-state index is 0.0976. The van der Waals surface area contributed by atoms with Gasteiger partial charge in [0.25, 0.3) is 5.00 Å². The van der Waals surface area contributed by atoms with E-state index in [1.807, 2.05) is 6.07 Å². The van der Waals surface area contributed by atoms with Gasteiger partial charge >= 0.3 is 5.97 Å². The van der Waals surface area contributed by atoms with E-state index in [4.69, 9.17) is 6.57 Å². The van der Waals surface area contributed by atoms with Gasteiger partial charge in [0.2, 0.25) is 5.13 Å². The second-order valence-corrected chi connectivity index (χ2v) is 6.27. The zero-order valence-corrected chi connectivity index (χ0v) is 15.0. The van der Waals surface area contributed by atoms with Crippen molar-refractivity contribution in [2.24, 2.45) is 10.2 Å². The van der Waals surface area contributed by atoms with Gasteiger partial charge in [-0.15, -0.1) is 21.6 Å². The van der Waals surface area contributed by atoms with E-state index in [1.165, 1.54) is 6.20 Å². The first-order valence-electron chi connectivity index (χ1n) is 7.96. The second-order valence-electron chi connectivity index (χ2n) is 5.29. The molecule has 0 radical (unpaired) electrons. The summed E-state index contributed by atoms with van der Waals surface area (Å²) < 4.78 is 0. The Morgan fingerprint density at radius 2 is 2.04 bits per heavy atom. The highest BCUT2D eigenvalue weighted by Crippen LogP contribution is 2.31. The molecular formula is C17H19N5O2S. The number of aromatic nitrogens is 1. The van der Waals surface area contributed by atoms with Crippen molar-refractivity contribution in [1.29, 1.82) is 0 Å². The van der Waals surface area contributed by atoms with Crippen molar-refractivity contribution in [1.82, 2.24) is 4.98 Å². The maximum atomic E-state index is 11.6. The van der Waals surface area contributed by atoms with E-state index in [2.05, 4.69) is 38.8 Å². The second kappa shape index (κ2) is 8.89. The van der Waals surface area contributed by atoms with E-state index >= 15 is 0 Å². The van der Waals surface area contributed by atoms with Crippen molar-refractivity contribution >= 4 is 38.8 Å². The average molecular weight is 357 g/mol. The zero-order valence-electron chi connectivity index (χ0n) is 14.1. The lowest BCUT2D eigenvalue weighted by atomic mass is 10.1. The van der Waals surface area contributed by atoms with Gasteiger partial charge in [0.1, 0.15) is 5.69 Å². The van der Waals surface area contributed by atoms with Crippen LogP contribution in [0.1, 0.15) is 37.0 Å². The first-order valence-corrected chi connectivity index (χ1v) is 8.78. The van der Waals surface area contributed by atoms with Gasteiger partial charge in [0.15, 0.2) is 0 Å². The molecule has 0 aliphatic rings. The number of hydrogen-bond acceptors (Lipinski definition) is 6. The normalized spacial score (nSPS) is 10.8. The number of anilines is 1. The number of nitrogens with zero attached hydrogens (tertiary/aromatic N) is 5. The Morgan fingerprint density at radius 1 is 1.32 bits per heavy atom. The van der Waals surface area contributed by atoms with Crippen molar-refractivity contribution in [3.63, 3.8) is 0 Å². The molecule has 0 amide bonds. The highest BCUT2D eigenvalue weighted by atomic mass is 32.1. The molecule has 2 aromatic rings. The van der Waals surface area contributed by atoms with E-state index < -0.39 is 5.97 Å². The Bertz CT molecular complexity index is 804. The predicted octanol–water partition coefficient (Wildman–Crippen LogP) is 5.43. The van der Waals surface area contributed by atoms with Gasteiger partial charge in [-0.3, -0.25) is 0 Å². The number of carboxylic acid groups (broad SMARTS) is 1. The number of hydrogen-bond donors (Lipinski definition) is 1. The van der Waals surface area contributed by atoms with Gasteiger partial charge in [-0.25, -0.2) is 14.6 Å². The Hall–Kier alpha value is -2.79. The lowest BCUT2D eigenvalue weighted by Crippen LogP contribution is -2.25. The molecule has 0 saturated heterocycles. The summed E-state index contributed by atoms with van der Waals surface area (Å²) in [6, 6.07) is 5.15. The van der Waals surface area contributed by atoms with Crippen molar-refractivity contribution in [3.05, 3.63) is 41.4 Å². The van der Waals surface area contributed by atoms with Gasteiger partial charge in [-0.2, -0.15) is 0 Å². The van der Waals surface area contributed by atoms with Crippen LogP contribution < -0.4 is 4.90 Å². The highest BCUT2D eigenvalue weighted by Gasteiger charge is 2.14. The fourth-order valence-electron chi connectivity index (χ4n) is 2.34. The van der Waals surface area contributed by atoms with Crippen molar-refractivity contribution < 1.29 is 9.90 Å². The third-order valence-electron chi connectivity index (χ3n) is 3.40. The summed E-state index contributed by atoms with van der Waals surface area (Å²) in [7, 11) is 0. The minimum Gasteiger partial charge on any atom is -0.478 e. The van der Waals surface area contributed by atoms with Gasteiger partial charge in [-0.1, -0.05) is 13.8 Å². The van der Waals surface area contributed by atoms with E-state index in [1.54, 1.807) is 12.1 Å². The van der Waals surface area contributed by atoms with Crippen molar-refractivity contribution in [2.45, 2.75) is 26.7 Å². The summed E-state index contributed by atoms with van der Waals surface area (Å²) in [6.45, 7) is 12.8. The Morgan fingerprint density at radius 3 is 2.60 bits per heavy atom. The van der Waals surface area contributed by atoms with Crippen molar-refractivity contribution in [3.8, 4) is 0 Å². The highest BCUT2D eigenvalue weighted by molar-refractivity contribution is 7.19. The molecule has 7 nitrogen and oxygen atoms in total. The standard InChI is InChI=1S/C17H19N5O2S/c1-4-8-22(9-5-2)12-6-7-14(13(10-12)16(23)24)20-21-17-19-11-15(18-3)25-17/h6-7,10-11H,4-5,8-9H2,1-2H3,(H,23,24). The molecule has 130 valence electrons. The summed E-state index contributed by atoms with van der Waals surface area (Å²) in [4.78, 5) is 21.0. The molecule has 0 aliphatic heterocycles. The van der Waals surface area contributed by atoms with Gasteiger partial charge in [0, 0.05) is 25.0 Å². The number of azo groups is 1. The number of benzene rings is 1. The van der Waals surface area contributed by atoms with Gasteiger partial charge < -0.3 is 10.0 Å². The van der Waals surface area contributed by atoms with Crippen LogP contribution in [0.25, 0.3) is 4.85 Å². The minimum atomic E-state index is -1.05. The number of carboxylic acids is 1. The first-order chi connectivity index (χ1) is 12.1.